The molecule has 2 heterocycles. The molecule has 188 valence electrons. The van der Waals surface area contributed by atoms with Crippen molar-refractivity contribution >= 4 is 21.4 Å². The zero-order valence-electron chi connectivity index (χ0n) is 19.2. The monoisotopic (exact) mass is 517 g/mol. The Labute approximate surface area is 204 Å². The summed E-state index contributed by atoms with van der Waals surface area (Å²) in [5, 5.41) is 0. The van der Waals surface area contributed by atoms with Gasteiger partial charge in [-0.05, 0) is 47.5 Å². The average molecular weight is 518 g/mol. The first-order valence-corrected chi connectivity index (χ1v) is 12.0. The van der Waals surface area contributed by atoms with E-state index in [2.05, 4.69) is 9.71 Å². The third kappa shape index (κ3) is 5.14. The number of sulfonamides is 1. The van der Waals surface area contributed by atoms with Crippen molar-refractivity contribution < 1.29 is 31.4 Å². The van der Waals surface area contributed by atoms with Gasteiger partial charge in [0.15, 0.2) is 0 Å². The maximum Gasteiger partial charge on any atom is 0.300 e. The molecule has 0 atom stereocenters. The molecule has 2 aromatic heterocycles. The van der Waals surface area contributed by atoms with Crippen molar-refractivity contribution in [2.24, 2.45) is 0 Å². The molecule has 0 radical (unpaired) electrons. The number of hydrogen-bond donors (Lipinski definition) is 1. The Kier molecular flexibility index (Phi) is 7.17. The van der Waals surface area contributed by atoms with Crippen LogP contribution in [-0.2, 0) is 14.8 Å². The van der Waals surface area contributed by atoms with Crippen molar-refractivity contribution in [3.05, 3.63) is 82.9 Å². The molecule has 2 aromatic carbocycles. The zero-order valence-corrected chi connectivity index (χ0v) is 20.0. The van der Waals surface area contributed by atoms with E-state index in [0.29, 0.717) is 29.4 Å². The number of ether oxygens (including phenoxy) is 3. The number of methoxy groups -OCH3 is 2. The van der Waals surface area contributed by atoms with Crippen molar-refractivity contribution in [2.45, 2.75) is 4.90 Å². The average Bonchev–Trinajstić information content (AvgIpc) is 2.85. The fourth-order valence-electron chi connectivity index (χ4n) is 3.42. The van der Waals surface area contributed by atoms with E-state index in [9.17, 15) is 22.0 Å². The molecule has 0 bridgehead atoms. The van der Waals surface area contributed by atoms with Gasteiger partial charge in [0.05, 0.1) is 25.6 Å². The Balaban J connectivity index is 1.73. The molecule has 0 spiro atoms. The van der Waals surface area contributed by atoms with Crippen LogP contribution in [0, 0.1) is 11.6 Å². The number of fused-ring (bicyclic) bond motifs is 1. The highest BCUT2D eigenvalue weighted by molar-refractivity contribution is 7.92. The second-order valence-corrected chi connectivity index (χ2v) is 9.16. The van der Waals surface area contributed by atoms with Gasteiger partial charge in [-0.25, -0.2) is 22.2 Å². The Morgan fingerprint density at radius 1 is 0.972 bits per heavy atom. The highest BCUT2D eigenvalue weighted by atomic mass is 32.2. The van der Waals surface area contributed by atoms with E-state index in [1.54, 1.807) is 18.2 Å². The van der Waals surface area contributed by atoms with Crippen molar-refractivity contribution in [3.8, 4) is 22.6 Å². The molecule has 0 aliphatic carbocycles. The number of hydrogen-bond acceptors (Lipinski definition) is 7. The molecule has 12 heteroatoms. The van der Waals surface area contributed by atoms with Gasteiger partial charge in [0.1, 0.15) is 34.5 Å². The first kappa shape index (κ1) is 25.1. The van der Waals surface area contributed by atoms with E-state index in [4.69, 9.17) is 14.2 Å². The van der Waals surface area contributed by atoms with E-state index in [1.807, 2.05) is 0 Å². The number of rotatable bonds is 9. The van der Waals surface area contributed by atoms with E-state index < -0.39 is 32.1 Å². The smallest absolute Gasteiger partial charge is 0.300 e. The molecule has 1 N–H and O–H groups in total. The van der Waals surface area contributed by atoms with Crippen LogP contribution in [0.15, 0.2) is 70.6 Å². The Bertz CT molecular complexity index is 1590. The number of anilines is 1. The van der Waals surface area contributed by atoms with Crippen molar-refractivity contribution in [2.75, 3.05) is 32.2 Å². The molecule has 0 saturated heterocycles. The maximum atomic E-state index is 14.1. The molecular weight excluding hydrogens is 496 g/mol. The number of halogens is 2. The second-order valence-electron chi connectivity index (χ2n) is 7.51. The molecule has 0 aliphatic rings. The molecular formula is C24H21F2N3O6S. The van der Waals surface area contributed by atoms with E-state index in [1.165, 1.54) is 43.1 Å². The molecule has 0 unspecified atom stereocenters. The largest absolute Gasteiger partial charge is 0.495 e. The third-order valence-corrected chi connectivity index (χ3v) is 6.57. The Morgan fingerprint density at radius 3 is 2.47 bits per heavy atom. The minimum absolute atomic E-state index is 0.0148. The van der Waals surface area contributed by atoms with Gasteiger partial charge in [0, 0.05) is 19.4 Å². The summed E-state index contributed by atoms with van der Waals surface area (Å²) in [6, 6.07) is 10.1. The summed E-state index contributed by atoms with van der Waals surface area (Å²) in [7, 11) is -1.55. The van der Waals surface area contributed by atoms with Gasteiger partial charge in [-0.15, -0.1) is 0 Å². The normalized spacial score (nSPS) is 11.4. The fraction of sp³-hybridized carbons (Fsp3) is 0.167. The number of pyridine rings is 1. The molecule has 9 nitrogen and oxygen atoms in total. The van der Waals surface area contributed by atoms with Crippen LogP contribution in [0.2, 0.25) is 0 Å². The number of nitrogens with zero attached hydrogens (tertiary/aromatic N) is 2. The van der Waals surface area contributed by atoms with Gasteiger partial charge in [-0.2, -0.15) is 0 Å². The van der Waals surface area contributed by atoms with Crippen molar-refractivity contribution in [1.82, 2.24) is 9.38 Å². The lowest BCUT2D eigenvalue weighted by Gasteiger charge is -2.14. The quantitative estimate of drug-likeness (QED) is 0.339. The molecule has 4 rings (SSSR count). The Hall–Kier alpha value is -4.03. The van der Waals surface area contributed by atoms with Crippen molar-refractivity contribution in [1.29, 1.82) is 0 Å². The predicted octanol–water partition coefficient (Wildman–Crippen LogP) is 3.47. The minimum atomic E-state index is -4.41. The summed E-state index contributed by atoms with van der Waals surface area (Å²) >= 11 is 0. The summed E-state index contributed by atoms with van der Waals surface area (Å²) in [6.45, 7) is 0.477. The van der Waals surface area contributed by atoms with Crippen LogP contribution in [0.25, 0.3) is 16.8 Å². The van der Waals surface area contributed by atoms with Gasteiger partial charge >= 0.3 is 0 Å². The number of aromatic nitrogens is 2. The van der Waals surface area contributed by atoms with E-state index in [0.717, 1.165) is 12.1 Å². The zero-order chi connectivity index (χ0) is 25.9. The third-order valence-electron chi connectivity index (χ3n) is 5.18. The van der Waals surface area contributed by atoms with Crippen LogP contribution < -0.4 is 19.8 Å². The highest BCUT2D eigenvalue weighted by Gasteiger charge is 2.22. The van der Waals surface area contributed by atoms with Gasteiger partial charge < -0.3 is 14.2 Å². The predicted molar refractivity (Wildman–Crippen MR) is 128 cm³/mol. The van der Waals surface area contributed by atoms with Gasteiger partial charge in [-0.3, -0.25) is 13.9 Å². The molecule has 4 aromatic rings. The maximum absolute atomic E-state index is 14.1. The summed E-state index contributed by atoms with van der Waals surface area (Å²) in [5.41, 5.74) is 1.04. The van der Waals surface area contributed by atoms with Crippen LogP contribution in [0.4, 0.5) is 14.5 Å². The molecule has 0 amide bonds. The molecule has 0 aliphatic heterocycles. The fourth-order valence-corrected chi connectivity index (χ4v) is 4.55. The van der Waals surface area contributed by atoms with Gasteiger partial charge in [-0.1, -0.05) is 6.07 Å². The van der Waals surface area contributed by atoms with Crippen LogP contribution >= 0.6 is 0 Å². The van der Waals surface area contributed by atoms with Crippen molar-refractivity contribution in [3.63, 3.8) is 0 Å². The second kappa shape index (κ2) is 10.3. The molecule has 0 fully saturated rings. The highest BCUT2D eigenvalue weighted by Crippen LogP contribution is 2.32. The lowest BCUT2D eigenvalue weighted by Crippen LogP contribution is -2.19. The lowest BCUT2D eigenvalue weighted by molar-refractivity contribution is 0.145. The standard InChI is InChI=1S/C24H21F2N3O6S/c1-33-9-10-35-21-13-27-23-8-4-16(14-29(23)24(21)30)15-3-6-20(34-2)19(11-15)28-36(31,32)22-7-5-17(25)12-18(22)26/h3-8,11-14,28H,9-10H2,1-2H3. The minimum Gasteiger partial charge on any atom is -0.495 e. The van der Waals surface area contributed by atoms with Crippen LogP contribution in [0.3, 0.4) is 0 Å². The topological polar surface area (TPSA) is 108 Å². The van der Waals surface area contributed by atoms with Crippen LogP contribution in [0.1, 0.15) is 0 Å². The summed E-state index contributed by atoms with van der Waals surface area (Å²) < 4.78 is 72.2. The first-order valence-electron chi connectivity index (χ1n) is 10.5. The number of benzene rings is 2. The van der Waals surface area contributed by atoms with Crippen LogP contribution in [0.5, 0.6) is 11.5 Å². The molecule has 0 saturated carbocycles. The summed E-state index contributed by atoms with van der Waals surface area (Å²) in [5.74, 6) is -1.92. The number of nitrogens with one attached hydrogen (secondary N) is 1. The Morgan fingerprint density at radius 2 is 1.75 bits per heavy atom. The van der Waals surface area contributed by atoms with Gasteiger partial charge in [0.25, 0.3) is 15.6 Å². The lowest BCUT2D eigenvalue weighted by atomic mass is 10.1. The summed E-state index contributed by atoms with van der Waals surface area (Å²) in [6.07, 6.45) is 2.87. The molecule has 36 heavy (non-hydrogen) atoms. The van der Waals surface area contributed by atoms with Gasteiger partial charge in [0.2, 0.25) is 5.75 Å². The summed E-state index contributed by atoms with van der Waals surface area (Å²) in [4.78, 5) is 16.4. The van der Waals surface area contributed by atoms with E-state index >= 15 is 0 Å². The first-order chi connectivity index (χ1) is 17.2. The SMILES string of the molecule is COCCOc1cnc2ccc(-c3ccc(OC)c(NS(=O)(=O)c4ccc(F)cc4F)c3)cn2c1=O. The van der Waals surface area contributed by atoms with E-state index in [-0.39, 0.29) is 23.8 Å². The van der Waals surface area contributed by atoms with Crippen LogP contribution in [-0.4, -0.2) is 45.2 Å².